The molecule has 8 heteroatoms. The van der Waals surface area contributed by atoms with E-state index in [4.69, 9.17) is 0 Å². The minimum absolute atomic E-state index is 0.0503. The number of aryl methyl sites for hydroxylation is 1. The zero-order chi connectivity index (χ0) is 18.7. The molecule has 1 aromatic carbocycles. The second-order valence-electron chi connectivity index (χ2n) is 6.61. The van der Waals surface area contributed by atoms with E-state index in [0.29, 0.717) is 17.0 Å². The van der Waals surface area contributed by atoms with Crippen LogP contribution in [0.15, 0.2) is 17.0 Å². The molecule has 1 N–H and O–H groups in total. The molecule has 1 unspecified atom stereocenters. The molecule has 1 atom stereocenters. The molecule has 0 spiro atoms. The fourth-order valence-corrected chi connectivity index (χ4v) is 3.71. The van der Waals surface area contributed by atoms with E-state index in [1.165, 1.54) is 6.07 Å². The number of nitrogens with zero attached hydrogens (tertiary/aromatic N) is 1. The Hall–Kier alpha value is -1.96. The Morgan fingerprint density at radius 1 is 1.25 bits per heavy atom. The van der Waals surface area contributed by atoms with Gasteiger partial charge in [0.05, 0.1) is 9.82 Å². The van der Waals surface area contributed by atoms with Crippen molar-refractivity contribution in [3.05, 3.63) is 33.4 Å². The van der Waals surface area contributed by atoms with Crippen LogP contribution in [0, 0.1) is 35.8 Å². The highest BCUT2D eigenvalue weighted by molar-refractivity contribution is 7.90. The quantitative estimate of drug-likeness (QED) is 0.597. The third-order valence-electron chi connectivity index (χ3n) is 3.78. The molecule has 24 heavy (non-hydrogen) atoms. The second kappa shape index (κ2) is 7.74. The lowest BCUT2D eigenvalue weighted by atomic mass is 9.96. The van der Waals surface area contributed by atoms with Crippen molar-refractivity contribution in [3.8, 4) is 0 Å². The molecule has 0 aromatic heterocycles. The van der Waals surface area contributed by atoms with Crippen LogP contribution in [0.4, 0.5) is 5.69 Å². The molecule has 7 nitrogen and oxygen atoms in total. The number of carbonyl (C=O) groups excluding carboxylic acids is 1. The van der Waals surface area contributed by atoms with E-state index in [0.717, 1.165) is 12.5 Å². The molecule has 0 saturated carbocycles. The molecular formula is C16H24N2O5S. The highest BCUT2D eigenvalue weighted by Gasteiger charge is 2.24. The van der Waals surface area contributed by atoms with E-state index >= 15 is 0 Å². The first-order valence-corrected chi connectivity index (χ1v) is 9.23. The Balaban J connectivity index is 3.01. The van der Waals surface area contributed by atoms with Gasteiger partial charge in [-0.25, -0.2) is 13.1 Å². The summed E-state index contributed by atoms with van der Waals surface area (Å²) in [5, 5.41) is 11.0. The van der Waals surface area contributed by atoms with Gasteiger partial charge in [-0.1, -0.05) is 20.8 Å². The first kappa shape index (κ1) is 20.1. The van der Waals surface area contributed by atoms with Crippen molar-refractivity contribution in [2.75, 3.05) is 0 Å². The summed E-state index contributed by atoms with van der Waals surface area (Å²) in [7, 11) is -4.13. The highest BCUT2D eigenvalue weighted by atomic mass is 32.2. The number of nitro groups is 1. The van der Waals surface area contributed by atoms with Crippen LogP contribution in [0.1, 0.15) is 44.7 Å². The van der Waals surface area contributed by atoms with Crippen molar-refractivity contribution in [1.29, 1.82) is 0 Å². The summed E-state index contributed by atoms with van der Waals surface area (Å²) in [4.78, 5) is 22.1. The molecular weight excluding hydrogens is 332 g/mol. The van der Waals surface area contributed by atoms with Crippen LogP contribution in [0.5, 0.6) is 0 Å². The van der Waals surface area contributed by atoms with E-state index in [1.54, 1.807) is 13.8 Å². The number of sulfonamides is 1. The van der Waals surface area contributed by atoms with Gasteiger partial charge in [-0.2, -0.15) is 0 Å². The van der Waals surface area contributed by atoms with E-state index in [9.17, 15) is 23.3 Å². The lowest BCUT2D eigenvalue weighted by Gasteiger charge is -2.14. The summed E-state index contributed by atoms with van der Waals surface area (Å²) >= 11 is 0. The lowest BCUT2D eigenvalue weighted by Crippen LogP contribution is -2.31. The lowest BCUT2D eigenvalue weighted by molar-refractivity contribution is -0.385. The predicted molar refractivity (Wildman–Crippen MR) is 91.1 cm³/mol. The van der Waals surface area contributed by atoms with E-state index in [-0.39, 0.29) is 22.9 Å². The Labute approximate surface area is 142 Å². The minimum Gasteiger partial charge on any atom is -0.274 e. The average Bonchev–Trinajstić information content (AvgIpc) is 2.38. The maximum atomic E-state index is 12.3. The van der Waals surface area contributed by atoms with E-state index < -0.39 is 20.9 Å². The fraction of sp³-hybridized carbons (Fsp3) is 0.562. The zero-order valence-electron chi connectivity index (χ0n) is 14.6. The highest BCUT2D eigenvalue weighted by Crippen LogP contribution is 2.26. The van der Waals surface area contributed by atoms with Gasteiger partial charge in [-0.05, 0) is 43.7 Å². The van der Waals surface area contributed by atoms with Crippen LogP contribution in [-0.4, -0.2) is 19.2 Å². The Kier molecular flexibility index (Phi) is 6.48. The van der Waals surface area contributed by atoms with Gasteiger partial charge in [0, 0.05) is 18.1 Å². The third-order valence-corrected chi connectivity index (χ3v) is 5.13. The molecule has 134 valence electrons. The summed E-state index contributed by atoms with van der Waals surface area (Å²) in [5.74, 6) is -0.148. The number of benzene rings is 1. The third kappa shape index (κ3) is 5.30. The molecule has 0 fully saturated rings. The zero-order valence-corrected chi connectivity index (χ0v) is 15.4. The maximum absolute atomic E-state index is 12.3. The first-order valence-electron chi connectivity index (χ1n) is 7.75. The number of carbonyl (C=O) groups is 1. The minimum atomic E-state index is -4.13. The van der Waals surface area contributed by atoms with Gasteiger partial charge < -0.3 is 0 Å². The summed E-state index contributed by atoms with van der Waals surface area (Å²) in [6, 6.07) is 2.31. The average molecular weight is 356 g/mol. The summed E-state index contributed by atoms with van der Waals surface area (Å²) in [5.41, 5.74) is 0.594. The molecule has 1 amide bonds. The molecule has 1 aromatic rings. The number of amides is 1. The van der Waals surface area contributed by atoms with Crippen molar-refractivity contribution in [2.24, 2.45) is 11.8 Å². The van der Waals surface area contributed by atoms with Crippen LogP contribution in [-0.2, 0) is 14.8 Å². The largest absolute Gasteiger partial charge is 0.274 e. The van der Waals surface area contributed by atoms with Crippen LogP contribution in [0.2, 0.25) is 0 Å². The fourth-order valence-electron chi connectivity index (χ4n) is 2.61. The molecule has 0 aliphatic rings. The number of hydrogen-bond donors (Lipinski definition) is 1. The molecule has 0 aliphatic heterocycles. The van der Waals surface area contributed by atoms with Gasteiger partial charge in [0.15, 0.2) is 0 Å². The van der Waals surface area contributed by atoms with Crippen molar-refractivity contribution in [2.45, 2.75) is 52.4 Å². The van der Waals surface area contributed by atoms with Gasteiger partial charge in [-0.15, -0.1) is 0 Å². The molecule has 0 aliphatic carbocycles. The monoisotopic (exact) mass is 356 g/mol. The SMILES string of the molecule is Cc1cc(S(=O)(=O)NC(=O)CC(C)CC(C)C)cc([N+](=O)[O-])c1C. The smallest absolute Gasteiger partial charge is 0.273 e. The van der Waals surface area contributed by atoms with Crippen LogP contribution < -0.4 is 4.72 Å². The Morgan fingerprint density at radius 2 is 1.83 bits per heavy atom. The molecule has 1 rings (SSSR count). The molecule has 0 radical (unpaired) electrons. The first-order chi connectivity index (χ1) is 10.9. The van der Waals surface area contributed by atoms with Crippen LogP contribution >= 0.6 is 0 Å². The summed E-state index contributed by atoms with van der Waals surface area (Å²) in [6.07, 6.45) is 0.896. The van der Waals surface area contributed by atoms with Crippen molar-refractivity contribution >= 4 is 21.6 Å². The van der Waals surface area contributed by atoms with Gasteiger partial charge in [-0.3, -0.25) is 14.9 Å². The number of rotatable bonds is 7. The van der Waals surface area contributed by atoms with Crippen LogP contribution in [0.25, 0.3) is 0 Å². The number of hydrogen-bond acceptors (Lipinski definition) is 5. The predicted octanol–water partition coefficient (Wildman–Crippen LogP) is 3.09. The standard InChI is InChI=1S/C16H24N2O5S/c1-10(2)6-11(3)7-16(19)17-24(22,23)14-8-12(4)13(5)15(9-14)18(20)21/h8-11H,6-7H2,1-5H3,(H,17,19). The van der Waals surface area contributed by atoms with Crippen LogP contribution in [0.3, 0.4) is 0 Å². The van der Waals surface area contributed by atoms with Gasteiger partial charge in [0.2, 0.25) is 5.91 Å². The number of nitro benzene ring substituents is 1. The van der Waals surface area contributed by atoms with Crippen molar-refractivity contribution in [3.63, 3.8) is 0 Å². The van der Waals surface area contributed by atoms with E-state index in [1.807, 2.05) is 25.5 Å². The normalized spacial score (nSPS) is 12.9. The second-order valence-corrected chi connectivity index (χ2v) is 8.29. The van der Waals surface area contributed by atoms with Gasteiger partial charge >= 0.3 is 0 Å². The Morgan fingerprint density at radius 3 is 2.33 bits per heavy atom. The molecule has 0 heterocycles. The van der Waals surface area contributed by atoms with Gasteiger partial charge in [0.25, 0.3) is 15.7 Å². The van der Waals surface area contributed by atoms with Gasteiger partial charge in [0.1, 0.15) is 0 Å². The molecule has 0 bridgehead atoms. The summed E-state index contributed by atoms with van der Waals surface area (Å²) < 4.78 is 26.7. The Bertz CT molecular complexity index is 741. The summed E-state index contributed by atoms with van der Waals surface area (Å²) in [6.45, 7) is 9.08. The number of nitrogens with one attached hydrogen (secondary N) is 1. The molecule has 0 saturated heterocycles. The topological polar surface area (TPSA) is 106 Å². The van der Waals surface area contributed by atoms with Crippen molar-refractivity contribution < 1.29 is 18.1 Å². The maximum Gasteiger partial charge on any atom is 0.273 e. The van der Waals surface area contributed by atoms with Crippen molar-refractivity contribution in [1.82, 2.24) is 4.72 Å². The van der Waals surface area contributed by atoms with E-state index in [2.05, 4.69) is 0 Å².